The van der Waals surface area contributed by atoms with Crippen molar-refractivity contribution in [3.8, 4) is 0 Å². The van der Waals surface area contributed by atoms with E-state index in [9.17, 15) is 14.4 Å². The fraction of sp³-hybridized carbons (Fsp3) is 0.667. The second kappa shape index (κ2) is 6.78. The minimum atomic E-state index is -1.96. The molecular formula is C9H14O7. The molecule has 16 heavy (non-hydrogen) atoms. The summed E-state index contributed by atoms with van der Waals surface area (Å²) in [5.41, 5.74) is 0. The predicted octanol–water partition coefficient (Wildman–Crippen LogP) is -0.222. The SMILES string of the molecule is O=C(O)CCCC[C@H](C(=O)O)[C@@H](O)C(=O)O. The normalized spacial score (nSPS) is 14.1. The molecule has 92 valence electrons. The molecule has 0 aromatic carbocycles. The standard InChI is InChI=1S/C9H14O7/c10-6(11)4-2-1-3-5(8(13)14)7(12)9(15)16/h5,7,12H,1-4H2,(H,10,11)(H,13,14)(H,15,16)/t5-,7+/m0/s1. The van der Waals surface area contributed by atoms with Crippen LogP contribution in [0.2, 0.25) is 0 Å². The van der Waals surface area contributed by atoms with Crippen molar-refractivity contribution in [3.05, 3.63) is 0 Å². The van der Waals surface area contributed by atoms with E-state index in [0.29, 0.717) is 0 Å². The van der Waals surface area contributed by atoms with Crippen LogP contribution in [0.1, 0.15) is 25.7 Å². The molecule has 0 heterocycles. The van der Waals surface area contributed by atoms with Crippen molar-refractivity contribution in [3.63, 3.8) is 0 Å². The van der Waals surface area contributed by atoms with E-state index in [1.165, 1.54) is 0 Å². The monoisotopic (exact) mass is 234 g/mol. The van der Waals surface area contributed by atoms with Gasteiger partial charge in [0.1, 0.15) is 0 Å². The summed E-state index contributed by atoms with van der Waals surface area (Å²) in [6, 6.07) is 0. The molecule has 7 nitrogen and oxygen atoms in total. The molecule has 0 radical (unpaired) electrons. The van der Waals surface area contributed by atoms with Gasteiger partial charge in [0.05, 0.1) is 5.92 Å². The lowest BCUT2D eigenvalue weighted by Gasteiger charge is -2.14. The van der Waals surface area contributed by atoms with E-state index in [0.717, 1.165) is 0 Å². The average Bonchev–Trinajstić information content (AvgIpc) is 2.15. The summed E-state index contributed by atoms with van der Waals surface area (Å²) in [5.74, 6) is -5.38. The van der Waals surface area contributed by atoms with Gasteiger partial charge in [-0.3, -0.25) is 9.59 Å². The zero-order valence-corrected chi connectivity index (χ0v) is 8.50. The lowest BCUT2D eigenvalue weighted by atomic mass is 9.95. The maximum absolute atomic E-state index is 10.6. The van der Waals surface area contributed by atoms with E-state index in [1.54, 1.807) is 0 Å². The number of aliphatic hydroxyl groups is 1. The van der Waals surface area contributed by atoms with Gasteiger partial charge >= 0.3 is 17.9 Å². The Hall–Kier alpha value is -1.63. The zero-order valence-electron chi connectivity index (χ0n) is 8.50. The van der Waals surface area contributed by atoms with Gasteiger partial charge in [-0.15, -0.1) is 0 Å². The summed E-state index contributed by atoms with van der Waals surface area (Å²) < 4.78 is 0. The highest BCUT2D eigenvalue weighted by Gasteiger charge is 2.31. The number of aliphatic carboxylic acids is 3. The predicted molar refractivity (Wildman–Crippen MR) is 50.9 cm³/mol. The third kappa shape index (κ3) is 5.30. The van der Waals surface area contributed by atoms with E-state index in [2.05, 4.69) is 0 Å². The number of carbonyl (C=O) groups is 3. The van der Waals surface area contributed by atoms with Crippen molar-refractivity contribution in [1.29, 1.82) is 0 Å². The highest BCUT2D eigenvalue weighted by atomic mass is 16.4. The van der Waals surface area contributed by atoms with Gasteiger partial charge in [0.25, 0.3) is 0 Å². The molecule has 7 heteroatoms. The summed E-state index contributed by atoms with van der Waals surface area (Å²) in [6.07, 6.45) is -1.62. The molecule has 0 aliphatic rings. The van der Waals surface area contributed by atoms with Crippen molar-refractivity contribution in [2.24, 2.45) is 5.92 Å². The first-order valence-corrected chi connectivity index (χ1v) is 4.71. The molecule has 0 aromatic rings. The van der Waals surface area contributed by atoms with E-state index < -0.39 is 29.9 Å². The van der Waals surface area contributed by atoms with Gasteiger partial charge in [0.2, 0.25) is 0 Å². The summed E-state index contributed by atoms with van der Waals surface area (Å²) in [4.78, 5) is 31.2. The highest BCUT2D eigenvalue weighted by molar-refractivity contribution is 5.81. The van der Waals surface area contributed by atoms with E-state index >= 15 is 0 Å². The summed E-state index contributed by atoms with van der Waals surface area (Å²) >= 11 is 0. The minimum Gasteiger partial charge on any atom is -0.481 e. The Kier molecular flexibility index (Phi) is 6.09. The van der Waals surface area contributed by atoms with Crippen molar-refractivity contribution >= 4 is 17.9 Å². The number of aliphatic hydroxyl groups excluding tert-OH is 1. The van der Waals surface area contributed by atoms with Gasteiger partial charge in [-0.05, 0) is 12.8 Å². The average molecular weight is 234 g/mol. The first-order chi connectivity index (χ1) is 7.36. The molecule has 0 bridgehead atoms. The van der Waals surface area contributed by atoms with Crippen LogP contribution in [0.3, 0.4) is 0 Å². The Balaban J connectivity index is 4.10. The molecule has 0 saturated heterocycles. The van der Waals surface area contributed by atoms with Crippen LogP contribution in [0.25, 0.3) is 0 Å². The van der Waals surface area contributed by atoms with Gasteiger partial charge < -0.3 is 20.4 Å². The third-order valence-corrected chi connectivity index (χ3v) is 2.11. The van der Waals surface area contributed by atoms with Crippen LogP contribution in [-0.4, -0.2) is 44.4 Å². The second-order valence-electron chi connectivity index (χ2n) is 3.37. The quantitative estimate of drug-likeness (QED) is 0.426. The zero-order chi connectivity index (χ0) is 12.7. The molecule has 0 amide bonds. The fourth-order valence-electron chi connectivity index (χ4n) is 1.23. The topological polar surface area (TPSA) is 132 Å². The van der Waals surface area contributed by atoms with Gasteiger partial charge in [-0.2, -0.15) is 0 Å². The lowest BCUT2D eigenvalue weighted by molar-refractivity contribution is -0.159. The number of carboxylic acid groups (broad SMARTS) is 3. The molecule has 0 aliphatic heterocycles. The fourth-order valence-corrected chi connectivity index (χ4v) is 1.23. The first kappa shape index (κ1) is 14.4. The number of hydrogen-bond donors (Lipinski definition) is 4. The Morgan fingerprint density at radius 3 is 1.88 bits per heavy atom. The van der Waals surface area contributed by atoms with E-state index in [4.69, 9.17) is 20.4 Å². The van der Waals surface area contributed by atoms with Gasteiger partial charge in [-0.1, -0.05) is 6.42 Å². The molecule has 0 saturated carbocycles. The molecule has 0 aliphatic carbocycles. The number of rotatable bonds is 8. The third-order valence-electron chi connectivity index (χ3n) is 2.11. The minimum absolute atomic E-state index is 0.0594. The number of hydrogen-bond acceptors (Lipinski definition) is 4. The van der Waals surface area contributed by atoms with E-state index in [1.807, 2.05) is 0 Å². The lowest BCUT2D eigenvalue weighted by Crippen LogP contribution is -2.34. The second-order valence-corrected chi connectivity index (χ2v) is 3.37. The summed E-state index contributed by atoms with van der Waals surface area (Å²) in [5, 5.41) is 34.5. The number of unbranched alkanes of at least 4 members (excludes halogenated alkanes) is 1. The Labute approximate surface area is 91.3 Å². The molecule has 0 spiro atoms. The summed E-state index contributed by atoms with van der Waals surface area (Å²) in [6.45, 7) is 0. The smallest absolute Gasteiger partial charge is 0.333 e. The van der Waals surface area contributed by atoms with Gasteiger partial charge in [0.15, 0.2) is 6.10 Å². The van der Waals surface area contributed by atoms with Crippen molar-refractivity contribution in [1.82, 2.24) is 0 Å². The molecule has 0 aromatic heterocycles. The van der Waals surface area contributed by atoms with Crippen LogP contribution in [-0.2, 0) is 14.4 Å². The van der Waals surface area contributed by atoms with Crippen LogP contribution in [0, 0.1) is 5.92 Å². The van der Waals surface area contributed by atoms with Crippen LogP contribution in [0.15, 0.2) is 0 Å². The summed E-state index contributed by atoms with van der Waals surface area (Å²) in [7, 11) is 0. The molecular weight excluding hydrogens is 220 g/mol. The van der Waals surface area contributed by atoms with Crippen LogP contribution >= 0.6 is 0 Å². The molecule has 2 atom stereocenters. The Bertz CT molecular complexity index is 273. The largest absolute Gasteiger partial charge is 0.481 e. The maximum atomic E-state index is 10.6. The van der Waals surface area contributed by atoms with Gasteiger partial charge in [0, 0.05) is 6.42 Å². The number of carboxylic acids is 3. The van der Waals surface area contributed by atoms with E-state index in [-0.39, 0.29) is 25.7 Å². The molecule has 0 unspecified atom stereocenters. The van der Waals surface area contributed by atoms with Crippen LogP contribution in [0.5, 0.6) is 0 Å². The highest BCUT2D eigenvalue weighted by Crippen LogP contribution is 2.15. The van der Waals surface area contributed by atoms with Crippen molar-refractivity contribution in [2.75, 3.05) is 0 Å². The molecule has 0 fully saturated rings. The van der Waals surface area contributed by atoms with Crippen LogP contribution < -0.4 is 0 Å². The Morgan fingerprint density at radius 1 is 0.938 bits per heavy atom. The van der Waals surface area contributed by atoms with Crippen molar-refractivity contribution < 1.29 is 34.8 Å². The van der Waals surface area contributed by atoms with Gasteiger partial charge in [-0.25, -0.2) is 4.79 Å². The van der Waals surface area contributed by atoms with Crippen LogP contribution in [0.4, 0.5) is 0 Å². The maximum Gasteiger partial charge on any atom is 0.333 e. The molecule has 4 N–H and O–H groups in total. The van der Waals surface area contributed by atoms with Crippen molar-refractivity contribution in [2.45, 2.75) is 31.8 Å². The first-order valence-electron chi connectivity index (χ1n) is 4.71. The molecule has 0 rings (SSSR count). The Morgan fingerprint density at radius 2 is 1.50 bits per heavy atom.